The summed E-state index contributed by atoms with van der Waals surface area (Å²) in [7, 11) is -3.78. The smallest absolute Gasteiger partial charge is 0.261 e. The second-order valence-corrected chi connectivity index (χ2v) is 9.97. The first-order chi connectivity index (χ1) is 14.7. The van der Waals surface area contributed by atoms with Crippen LogP contribution < -0.4 is 5.56 Å². The van der Waals surface area contributed by atoms with Crippen LogP contribution >= 0.6 is 11.6 Å². The molecule has 0 saturated carbocycles. The monoisotopic (exact) mass is 461 g/mol. The van der Waals surface area contributed by atoms with Gasteiger partial charge in [0.2, 0.25) is 10.0 Å². The number of hydrogen-bond donors (Lipinski definition) is 0. The highest BCUT2D eigenvalue weighted by Crippen LogP contribution is 2.28. The van der Waals surface area contributed by atoms with Gasteiger partial charge in [0.15, 0.2) is 0 Å². The number of benzene rings is 2. The number of aryl methyl sites for hydroxylation is 1. The van der Waals surface area contributed by atoms with Gasteiger partial charge < -0.3 is 0 Å². The molecule has 31 heavy (non-hydrogen) atoms. The predicted molar refractivity (Wildman–Crippen MR) is 125 cm³/mol. The normalized spacial score (nSPS) is 13.1. The summed E-state index contributed by atoms with van der Waals surface area (Å²) in [5, 5.41) is 0.936. The van der Waals surface area contributed by atoms with Crippen molar-refractivity contribution in [1.82, 2.24) is 13.9 Å². The molecule has 0 amide bonds. The SMILES string of the molecule is CCCCN(C(C)c1nc2cc(Cl)ccc2c(=O)n1CC)S(=O)(=O)c1ccc(C)cc1. The molecule has 0 aliphatic heterocycles. The average molecular weight is 462 g/mol. The summed E-state index contributed by atoms with van der Waals surface area (Å²) in [6.45, 7) is 8.28. The summed E-state index contributed by atoms with van der Waals surface area (Å²) >= 11 is 6.12. The predicted octanol–water partition coefficient (Wildman–Crippen LogP) is 4.93. The lowest BCUT2D eigenvalue weighted by molar-refractivity contribution is 0.316. The number of fused-ring (bicyclic) bond motifs is 1. The molecule has 0 radical (unpaired) electrons. The topological polar surface area (TPSA) is 72.3 Å². The van der Waals surface area contributed by atoms with Gasteiger partial charge in [0, 0.05) is 18.1 Å². The maximum absolute atomic E-state index is 13.6. The summed E-state index contributed by atoms with van der Waals surface area (Å²) in [4.78, 5) is 18.0. The molecule has 0 saturated heterocycles. The average Bonchev–Trinajstić information content (AvgIpc) is 2.73. The highest BCUT2D eigenvalue weighted by Gasteiger charge is 2.32. The Morgan fingerprint density at radius 1 is 1.13 bits per heavy atom. The maximum Gasteiger partial charge on any atom is 0.261 e. The minimum Gasteiger partial charge on any atom is -0.295 e. The standard InChI is InChI=1S/C23H28ClN3O3S/c1-5-7-14-27(31(29,30)19-11-8-16(3)9-12-19)17(4)22-25-21-15-18(24)10-13-20(21)23(28)26(22)6-2/h8-13,15,17H,5-7,14H2,1-4H3. The maximum atomic E-state index is 13.6. The van der Waals surface area contributed by atoms with E-state index in [4.69, 9.17) is 16.6 Å². The Hall–Kier alpha value is -2.22. The third-order valence-electron chi connectivity index (χ3n) is 5.43. The van der Waals surface area contributed by atoms with Crippen molar-refractivity contribution in [2.45, 2.75) is 58.0 Å². The fraction of sp³-hybridized carbons (Fsp3) is 0.391. The molecule has 3 rings (SSSR count). The van der Waals surface area contributed by atoms with Gasteiger partial charge in [-0.1, -0.05) is 42.6 Å². The summed E-state index contributed by atoms with van der Waals surface area (Å²) in [6.07, 6.45) is 1.54. The van der Waals surface area contributed by atoms with Crippen molar-refractivity contribution in [3.8, 4) is 0 Å². The number of aromatic nitrogens is 2. The molecule has 0 aliphatic carbocycles. The highest BCUT2D eigenvalue weighted by molar-refractivity contribution is 7.89. The molecule has 0 N–H and O–H groups in total. The molecule has 0 bridgehead atoms. The first kappa shape index (κ1) is 23.4. The van der Waals surface area contributed by atoms with Crippen molar-refractivity contribution >= 4 is 32.5 Å². The molecule has 1 aromatic heterocycles. The molecular formula is C23H28ClN3O3S. The molecule has 0 fully saturated rings. The van der Waals surface area contributed by atoms with E-state index in [2.05, 4.69) is 0 Å². The van der Waals surface area contributed by atoms with Crippen LogP contribution in [0.15, 0.2) is 52.2 Å². The van der Waals surface area contributed by atoms with Gasteiger partial charge in [-0.3, -0.25) is 9.36 Å². The molecular weight excluding hydrogens is 434 g/mol. The lowest BCUT2D eigenvalue weighted by Gasteiger charge is -2.29. The zero-order valence-electron chi connectivity index (χ0n) is 18.3. The number of halogens is 1. The minimum atomic E-state index is -3.78. The molecule has 0 spiro atoms. The second kappa shape index (κ2) is 9.51. The third kappa shape index (κ3) is 4.68. The van der Waals surface area contributed by atoms with Gasteiger partial charge >= 0.3 is 0 Å². The third-order valence-corrected chi connectivity index (χ3v) is 7.65. The van der Waals surface area contributed by atoms with Crippen LogP contribution in [0.4, 0.5) is 0 Å². The molecule has 166 valence electrons. The van der Waals surface area contributed by atoms with Gasteiger partial charge in [0.1, 0.15) is 5.82 Å². The minimum absolute atomic E-state index is 0.200. The number of unbranched alkanes of at least 4 members (excludes halogenated alkanes) is 1. The number of hydrogen-bond acceptors (Lipinski definition) is 4. The van der Waals surface area contributed by atoms with E-state index in [1.165, 1.54) is 4.31 Å². The van der Waals surface area contributed by atoms with Gasteiger partial charge in [-0.05, 0) is 57.5 Å². The van der Waals surface area contributed by atoms with Crippen LogP contribution in [-0.4, -0.2) is 28.8 Å². The van der Waals surface area contributed by atoms with Crippen molar-refractivity contribution in [2.24, 2.45) is 0 Å². The fourth-order valence-electron chi connectivity index (χ4n) is 3.65. The van der Waals surface area contributed by atoms with Crippen molar-refractivity contribution in [3.63, 3.8) is 0 Å². The van der Waals surface area contributed by atoms with Gasteiger partial charge in [-0.2, -0.15) is 4.31 Å². The zero-order chi connectivity index (χ0) is 22.8. The first-order valence-corrected chi connectivity index (χ1v) is 12.3. The van der Waals surface area contributed by atoms with Crippen LogP contribution in [0.3, 0.4) is 0 Å². The van der Waals surface area contributed by atoms with E-state index in [9.17, 15) is 13.2 Å². The number of rotatable bonds is 8. The lowest BCUT2D eigenvalue weighted by Crippen LogP contribution is -2.38. The second-order valence-electron chi connectivity index (χ2n) is 7.64. The highest BCUT2D eigenvalue weighted by atomic mass is 35.5. The largest absolute Gasteiger partial charge is 0.295 e. The van der Waals surface area contributed by atoms with Crippen LogP contribution in [0.2, 0.25) is 5.02 Å². The van der Waals surface area contributed by atoms with Gasteiger partial charge in [0.05, 0.1) is 21.8 Å². The van der Waals surface area contributed by atoms with Crippen molar-refractivity contribution in [3.05, 3.63) is 69.2 Å². The van der Waals surface area contributed by atoms with E-state index >= 15 is 0 Å². The molecule has 2 aromatic carbocycles. The first-order valence-electron chi connectivity index (χ1n) is 10.5. The van der Waals surface area contributed by atoms with Crippen molar-refractivity contribution in [1.29, 1.82) is 0 Å². The Balaban J connectivity index is 2.18. The van der Waals surface area contributed by atoms with Crippen LogP contribution in [-0.2, 0) is 16.6 Å². The molecule has 1 unspecified atom stereocenters. The van der Waals surface area contributed by atoms with Gasteiger partial charge in [-0.25, -0.2) is 13.4 Å². The fourth-order valence-corrected chi connectivity index (χ4v) is 5.44. The Bertz CT molecular complexity index is 1240. The molecule has 0 aliphatic rings. The van der Waals surface area contributed by atoms with Crippen LogP contribution in [0.1, 0.15) is 51.0 Å². The van der Waals surface area contributed by atoms with Gasteiger partial charge in [0.25, 0.3) is 5.56 Å². The number of sulfonamides is 1. The molecule has 1 atom stereocenters. The van der Waals surface area contributed by atoms with Gasteiger partial charge in [-0.15, -0.1) is 0 Å². The summed E-state index contributed by atoms with van der Waals surface area (Å²) < 4.78 is 30.1. The quantitative estimate of drug-likeness (QED) is 0.476. The van der Waals surface area contributed by atoms with E-state index < -0.39 is 16.1 Å². The summed E-state index contributed by atoms with van der Waals surface area (Å²) in [5.41, 5.74) is 1.25. The summed E-state index contributed by atoms with van der Waals surface area (Å²) in [5.74, 6) is 0.411. The van der Waals surface area contributed by atoms with E-state index in [0.717, 1.165) is 12.0 Å². The van der Waals surface area contributed by atoms with E-state index in [-0.39, 0.29) is 10.5 Å². The Morgan fingerprint density at radius 2 is 1.81 bits per heavy atom. The van der Waals surface area contributed by atoms with E-state index in [1.807, 2.05) is 20.8 Å². The molecule has 1 heterocycles. The lowest BCUT2D eigenvalue weighted by atomic mass is 10.2. The van der Waals surface area contributed by atoms with Crippen LogP contribution in [0.25, 0.3) is 10.9 Å². The van der Waals surface area contributed by atoms with E-state index in [1.54, 1.807) is 54.0 Å². The van der Waals surface area contributed by atoms with Crippen molar-refractivity contribution < 1.29 is 8.42 Å². The van der Waals surface area contributed by atoms with Crippen molar-refractivity contribution in [2.75, 3.05) is 6.54 Å². The molecule has 3 aromatic rings. The zero-order valence-corrected chi connectivity index (χ0v) is 19.9. The van der Waals surface area contributed by atoms with Crippen LogP contribution in [0, 0.1) is 6.92 Å². The Morgan fingerprint density at radius 3 is 2.42 bits per heavy atom. The summed E-state index contributed by atoms with van der Waals surface area (Å²) in [6, 6.07) is 11.1. The van der Waals surface area contributed by atoms with E-state index in [0.29, 0.717) is 41.3 Å². The van der Waals surface area contributed by atoms with Crippen LogP contribution in [0.5, 0.6) is 0 Å². The number of nitrogens with zero attached hydrogens (tertiary/aromatic N) is 3. The molecule has 6 nitrogen and oxygen atoms in total. The Kier molecular flexibility index (Phi) is 7.19. The molecule has 8 heteroatoms. The Labute approximate surface area is 188 Å².